The Bertz CT molecular complexity index is 789. The number of benzene rings is 1. The Hall–Kier alpha value is -2.00. The van der Waals surface area contributed by atoms with Gasteiger partial charge in [-0.1, -0.05) is 47.3 Å². The van der Waals surface area contributed by atoms with Crippen molar-refractivity contribution in [1.82, 2.24) is 20.3 Å². The summed E-state index contributed by atoms with van der Waals surface area (Å²) >= 11 is 2.98. The van der Waals surface area contributed by atoms with Gasteiger partial charge in [-0.2, -0.15) is 4.98 Å². The van der Waals surface area contributed by atoms with Crippen molar-refractivity contribution in [3.8, 4) is 0 Å². The Balaban J connectivity index is 1.55. The number of rotatable bonds is 7. The summed E-state index contributed by atoms with van der Waals surface area (Å²) in [5.41, 5.74) is 0.979. The highest BCUT2D eigenvalue weighted by Crippen LogP contribution is 2.36. The molecule has 1 unspecified atom stereocenters. The zero-order valence-electron chi connectivity index (χ0n) is 13.2. The maximum atomic E-state index is 12.9. The van der Waals surface area contributed by atoms with E-state index in [-0.39, 0.29) is 11.1 Å². The van der Waals surface area contributed by atoms with Gasteiger partial charge in [0.1, 0.15) is 5.82 Å². The molecule has 2 aromatic heterocycles. The van der Waals surface area contributed by atoms with Gasteiger partial charge in [-0.3, -0.25) is 0 Å². The fraction of sp³-hybridized carbons (Fsp3) is 0.333. The molecular weight excluding hydrogens is 349 g/mol. The molecule has 1 N–H and O–H groups in total. The third kappa shape index (κ3) is 4.30. The lowest BCUT2D eigenvalue weighted by molar-refractivity contribution is 0.375. The van der Waals surface area contributed by atoms with Crippen LogP contribution in [-0.4, -0.2) is 20.3 Å². The summed E-state index contributed by atoms with van der Waals surface area (Å²) in [6, 6.07) is 6.36. The van der Waals surface area contributed by atoms with Crippen LogP contribution >= 0.6 is 23.1 Å². The van der Waals surface area contributed by atoms with Crippen molar-refractivity contribution in [2.24, 2.45) is 0 Å². The molecule has 0 spiro atoms. The highest BCUT2D eigenvalue weighted by molar-refractivity contribution is 8.01. The number of nitrogens with one attached hydrogen (secondary N) is 1. The Morgan fingerprint density at radius 1 is 1.29 bits per heavy atom. The van der Waals surface area contributed by atoms with Crippen molar-refractivity contribution in [3.05, 3.63) is 47.4 Å². The quantitative estimate of drug-likeness (QED) is 0.632. The molecule has 6 nitrogen and oxygen atoms in total. The summed E-state index contributed by atoms with van der Waals surface area (Å²) in [5, 5.41) is 16.1. The van der Waals surface area contributed by atoms with Gasteiger partial charge in [-0.05, 0) is 24.6 Å². The Labute approximate surface area is 146 Å². The first-order valence-corrected chi connectivity index (χ1v) is 9.14. The molecule has 2 heterocycles. The van der Waals surface area contributed by atoms with Crippen molar-refractivity contribution in [3.63, 3.8) is 0 Å². The zero-order chi connectivity index (χ0) is 16.9. The van der Waals surface area contributed by atoms with E-state index in [1.165, 1.54) is 35.2 Å². The summed E-state index contributed by atoms with van der Waals surface area (Å²) in [5.74, 6) is 1.05. The Morgan fingerprint density at radius 2 is 2.08 bits per heavy atom. The summed E-state index contributed by atoms with van der Waals surface area (Å²) in [7, 11) is 0. The lowest BCUT2D eigenvalue weighted by atomic mass is 10.2. The molecule has 0 bridgehead atoms. The van der Waals surface area contributed by atoms with Crippen LogP contribution in [0.25, 0.3) is 0 Å². The van der Waals surface area contributed by atoms with Crippen LogP contribution in [0.4, 0.5) is 9.52 Å². The number of anilines is 1. The SMILES string of the molecule is CCc1noc(C(C)Sc2nnc(NCc3ccc(F)cc3)s2)n1. The van der Waals surface area contributed by atoms with E-state index in [1.807, 2.05) is 13.8 Å². The van der Waals surface area contributed by atoms with Crippen LogP contribution in [0.1, 0.15) is 36.4 Å². The van der Waals surface area contributed by atoms with E-state index < -0.39 is 0 Å². The van der Waals surface area contributed by atoms with E-state index in [0.717, 1.165) is 16.3 Å². The minimum absolute atomic E-state index is 0.00991. The third-order valence-corrected chi connectivity index (χ3v) is 5.24. The molecular formula is C15H16FN5OS2. The summed E-state index contributed by atoms with van der Waals surface area (Å²) in [6.45, 7) is 4.54. The molecule has 0 aliphatic rings. The monoisotopic (exact) mass is 365 g/mol. The molecule has 0 saturated heterocycles. The lowest BCUT2D eigenvalue weighted by Crippen LogP contribution is -1.98. The highest BCUT2D eigenvalue weighted by atomic mass is 32.2. The fourth-order valence-corrected chi connectivity index (χ4v) is 3.81. The minimum Gasteiger partial charge on any atom is -0.356 e. The third-order valence-electron chi connectivity index (χ3n) is 3.19. The van der Waals surface area contributed by atoms with E-state index in [1.54, 1.807) is 12.1 Å². The molecule has 0 aliphatic carbocycles. The first-order chi connectivity index (χ1) is 11.6. The van der Waals surface area contributed by atoms with Gasteiger partial charge in [0.05, 0.1) is 5.25 Å². The standard InChI is InChI=1S/C15H16FN5OS2/c1-3-12-18-13(22-21-12)9(2)23-15-20-19-14(24-15)17-8-10-4-6-11(16)7-5-10/h4-7,9H,3,8H2,1-2H3,(H,17,19). The average Bonchev–Trinajstić information content (AvgIpc) is 3.23. The molecule has 9 heteroatoms. The summed E-state index contributed by atoms with van der Waals surface area (Å²) in [4.78, 5) is 4.33. The first kappa shape index (κ1) is 16.8. The summed E-state index contributed by atoms with van der Waals surface area (Å²) < 4.78 is 18.9. The molecule has 0 fully saturated rings. The number of halogens is 1. The van der Waals surface area contributed by atoms with Gasteiger partial charge in [0.25, 0.3) is 0 Å². The topological polar surface area (TPSA) is 76.7 Å². The number of thioether (sulfide) groups is 1. The van der Waals surface area contributed by atoms with E-state index in [0.29, 0.717) is 23.4 Å². The largest absolute Gasteiger partial charge is 0.356 e. The van der Waals surface area contributed by atoms with Crippen LogP contribution in [-0.2, 0) is 13.0 Å². The molecule has 3 aromatic rings. The number of nitrogens with zero attached hydrogens (tertiary/aromatic N) is 4. The van der Waals surface area contributed by atoms with Crippen molar-refractivity contribution in [2.75, 3.05) is 5.32 Å². The van der Waals surface area contributed by atoms with Crippen molar-refractivity contribution >= 4 is 28.2 Å². The van der Waals surface area contributed by atoms with Crippen molar-refractivity contribution in [1.29, 1.82) is 0 Å². The lowest BCUT2D eigenvalue weighted by Gasteiger charge is -2.02. The van der Waals surface area contributed by atoms with E-state index in [9.17, 15) is 4.39 Å². The smallest absolute Gasteiger partial charge is 0.239 e. The van der Waals surface area contributed by atoms with Gasteiger partial charge in [0, 0.05) is 13.0 Å². The van der Waals surface area contributed by atoms with Crippen LogP contribution in [0.3, 0.4) is 0 Å². The predicted octanol–water partition coefficient (Wildman–Crippen LogP) is 4.09. The molecule has 0 amide bonds. The predicted molar refractivity (Wildman–Crippen MR) is 91.6 cm³/mol. The molecule has 1 atom stereocenters. The number of aryl methyl sites for hydroxylation is 1. The second-order valence-corrected chi connectivity index (χ2v) is 7.58. The second kappa shape index (κ2) is 7.71. The number of hydrogen-bond acceptors (Lipinski definition) is 8. The minimum atomic E-state index is -0.241. The molecule has 1 aromatic carbocycles. The average molecular weight is 365 g/mol. The van der Waals surface area contributed by atoms with Crippen LogP contribution in [0, 0.1) is 5.82 Å². The fourth-order valence-electron chi connectivity index (χ4n) is 1.89. The Morgan fingerprint density at radius 3 is 2.79 bits per heavy atom. The molecule has 0 radical (unpaired) electrons. The Kier molecular flexibility index (Phi) is 5.41. The van der Waals surface area contributed by atoms with E-state index in [2.05, 4.69) is 25.7 Å². The maximum Gasteiger partial charge on any atom is 0.239 e. The molecule has 24 heavy (non-hydrogen) atoms. The van der Waals surface area contributed by atoms with Gasteiger partial charge < -0.3 is 9.84 Å². The van der Waals surface area contributed by atoms with Crippen molar-refractivity contribution in [2.45, 2.75) is 36.4 Å². The van der Waals surface area contributed by atoms with E-state index >= 15 is 0 Å². The second-order valence-electron chi connectivity index (χ2n) is 5.02. The number of hydrogen-bond donors (Lipinski definition) is 1. The molecule has 0 saturated carbocycles. The molecule has 126 valence electrons. The number of aromatic nitrogens is 4. The van der Waals surface area contributed by atoms with Crippen LogP contribution < -0.4 is 5.32 Å². The van der Waals surface area contributed by atoms with E-state index in [4.69, 9.17) is 4.52 Å². The molecule has 3 rings (SSSR count). The molecule has 0 aliphatic heterocycles. The first-order valence-electron chi connectivity index (χ1n) is 7.45. The van der Waals surface area contributed by atoms with Gasteiger partial charge >= 0.3 is 0 Å². The van der Waals surface area contributed by atoms with Crippen LogP contribution in [0.15, 0.2) is 33.1 Å². The van der Waals surface area contributed by atoms with Crippen molar-refractivity contribution < 1.29 is 8.91 Å². The van der Waals surface area contributed by atoms with Gasteiger partial charge in [-0.25, -0.2) is 4.39 Å². The highest BCUT2D eigenvalue weighted by Gasteiger charge is 2.17. The maximum absolute atomic E-state index is 12.9. The zero-order valence-corrected chi connectivity index (χ0v) is 14.8. The normalized spacial score (nSPS) is 12.3. The van der Waals surface area contributed by atoms with Gasteiger partial charge in [-0.15, -0.1) is 10.2 Å². The van der Waals surface area contributed by atoms with Gasteiger partial charge in [0.15, 0.2) is 10.2 Å². The van der Waals surface area contributed by atoms with Crippen LogP contribution in [0.5, 0.6) is 0 Å². The van der Waals surface area contributed by atoms with Gasteiger partial charge in [0.2, 0.25) is 11.0 Å². The van der Waals surface area contributed by atoms with Crippen LogP contribution in [0.2, 0.25) is 0 Å². The summed E-state index contributed by atoms with van der Waals surface area (Å²) in [6.07, 6.45) is 0.747.